The highest BCUT2D eigenvalue weighted by Gasteiger charge is 2.29. The van der Waals surface area contributed by atoms with E-state index in [1.165, 1.54) is 12.3 Å². The fourth-order valence-corrected chi connectivity index (χ4v) is 2.50. The minimum Gasteiger partial charge on any atom is -0.357 e. The van der Waals surface area contributed by atoms with Crippen molar-refractivity contribution >= 4 is 11.7 Å². The molecule has 2 heterocycles. The Labute approximate surface area is 127 Å². The topological polar surface area (TPSA) is 50.2 Å². The zero-order chi connectivity index (χ0) is 16.3. The molecular formula is C14H21F3N4O. The molecule has 22 heavy (non-hydrogen) atoms. The number of carbonyl (C=O) groups is 1. The minimum atomic E-state index is -4.31. The Bertz CT molecular complexity index is 506. The Morgan fingerprint density at radius 1 is 1.45 bits per heavy atom. The number of carbonyl (C=O) groups excluding carboxylic acids is 1. The Kier molecular flexibility index (Phi) is 4.97. The predicted molar refractivity (Wildman–Crippen MR) is 76.3 cm³/mol. The van der Waals surface area contributed by atoms with Gasteiger partial charge in [-0.15, -0.1) is 0 Å². The van der Waals surface area contributed by atoms with Gasteiger partial charge in [0.15, 0.2) is 0 Å². The summed E-state index contributed by atoms with van der Waals surface area (Å²) in [4.78, 5) is 14.1. The van der Waals surface area contributed by atoms with Gasteiger partial charge in [-0.1, -0.05) is 6.92 Å². The van der Waals surface area contributed by atoms with Gasteiger partial charge in [0.1, 0.15) is 18.4 Å². The molecular weight excluding hydrogens is 297 g/mol. The summed E-state index contributed by atoms with van der Waals surface area (Å²) in [6.07, 6.45) is -1.10. The number of nitrogens with zero attached hydrogens (tertiary/aromatic N) is 3. The van der Waals surface area contributed by atoms with Crippen molar-refractivity contribution in [2.24, 2.45) is 5.92 Å². The molecule has 0 bridgehead atoms. The van der Waals surface area contributed by atoms with E-state index in [0.29, 0.717) is 5.92 Å². The van der Waals surface area contributed by atoms with Crippen molar-refractivity contribution in [3.05, 3.63) is 12.3 Å². The third-order valence-electron chi connectivity index (χ3n) is 3.81. The van der Waals surface area contributed by atoms with E-state index < -0.39 is 18.8 Å². The summed E-state index contributed by atoms with van der Waals surface area (Å²) in [5.74, 6) is 0.859. The van der Waals surface area contributed by atoms with Crippen LogP contribution in [-0.4, -0.2) is 45.9 Å². The molecule has 1 N–H and O–H groups in total. The Morgan fingerprint density at radius 2 is 2.09 bits per heavy atom. The first-order chi connectivity index (χ1) is 10.2. The van der Waals surface area contributed by atoms with Crippen LogP contribution >= 0.6 is 0 Å². The van der Waals surface area contributed by atoms with Gasteiger partial charge >= 0.3 is 6.18 Å². The molecule has 1 aliphatic heterocycles. The summed E-state index contributed by atoms with van der Waals surface area (Å²) in [5.41, 5.74) is 0. The van der Waals surface area contributed by atoms with Crippen LogP contribution in [0.15, 0.2) is 12.3 Å². The van der Waals surface area contributed by atoms with Crippen molar-refractivity contribution in [3.8, 4) is 0 Å². The van der Waals surface area contributed by atoms with Crippen LogP contribution in [0.4, 0.5) is 19.0 Å². The average molecular weight is 318 g/mol. The Morgan fingerprint density at radius 3 is 2.68 bits per heavy atom. The molecule has 0 saturated carbocycles. The number of hydrogen-bond acceptors (Lipinski definition) is 3. The maximum Gasteiger partial charge on any atom is 0.408 e. The number of amides is 1. The molecule has 5 nitrogen and oxygen atoms in total. The van der Waals surface area contributed by atoms with Gasteiger partial charge in [0.25, 0.3) is 0 Å². The minimum absolute atomic E-state index is 0.0442. The third kappa shape index (κ3) is 4.64. The Balaban J connectivity index is 1.88. The molecule has 1 aromatic rings. The summed E-state index contributed by atoms with van der Waals surface area (Å²) in [6, 6.07) is 0.927. The molecule has 0 aliphatic carbocycles. The van der Waals surface area contributed by atoms with Crippen molar-refractivity contribution in [2.45, 2.75) is 45.5 Å². The number of halogens is 3. The lowest BCUT2D eigenvalue weighted by Gasteiger charge is -2.32. The molecule has 0 spiro atoms. The second-order valence-electron chi connectivity index (χ2n) is 5.89. The highest BCUT2D eigenvalue weighted by Crippen LogP contribution is 2.19. The highest BCUT2D eigenvalue weighted by molar-refractivity contribution is 5.84. The van der Waals surface area contributed by atoms with E-state index in [1.54, 1.807) is 11.8 Å². The summed E-state index contributed by atoms with van der Waals surface area (Å²) >= 11 is 0. The molecule has 1 fully saturated rings. The lowest BCUT2D eigenvalue weighted by molar-refractivity contribution is -0.142. The van der Waals surface area contributed by atoms with E-state index in [4.69, 9.17) is 0 Å². The first-order valence-electron chi connectivity index (χ1n) is 7.40. The number of piperidine rings is 1. The molecule has 0 radical (unpaired) electrons. The molecule has 1 amide bonds. The summed E-state index contributed by atoms with van der Waals surface area (Å²) in [7, 11) is 0. The second kappa shape index (κ2) is 6.58. The van der Waals surface area contributed by atoms with Crippen LogP contribution in [0.5, 0.6) is 0 Å². The molecule has 2 rings (SSSR count). The van der Waals surface area contributed by atoms with Gasteiger partial charge in [0.2, 0.25) is 5.91 Å². The van der Waals surface area contributed by atoms with Crippen molar-refractivity contribution in [3.63, 3.8) is 0 Å². The number of hydrogen-bond donors (Lipinski definition) is 1. The SMILES string of the molecule is CC1CCN(C(=O)[C@H](C)Nc2ccn(CC(F)(F)F)n2)CC1. The lowest BCUT2D eigenvalue weighted by atomic mass is 9.99. The van der Waals surface area contributed by atoms with Gasteiger partial charge in [-0.3, -0.25) is 9.48 Å². The van der Waals surface area contributed by atoms with Crippen molar-refractivity contribution in [2.75, 3.05) is 18.4 Å². The first kappa shape index (κ1) is 16.6. The van der Waals surface area contributed by atoms with E-state index >= 15 is 0 Å². The van der Waals surface area contributed by atoms with E-state index in [0.717, 1.165) is 30.6 Å². The predicted octanol–water partition coefficient (Wildman–Crippen LogP) is 2.50. The van der Waals surface area contributed by atoms with Crippen LogP contribution in [0.25, 0.3) is 0 Å². The highest BCUT2D eigenvalue weighted by atomic mass is 19.4. The maximum absolute atomic E-state index is 12.3. The molecule has 1 atom stereocenters. The normalized spacial score (nSPS) is 18.3. The molecule has 0 unspecified atom stereocenters. The largest absolute Gasteiger partial charge is 0.408 e. The fraction of sp³-hybridized carbons (Fsp3) is 0.714. The maximum atomic E-state index is 12.3. The average Bonchev–Trinajstić information content (AvgIpc) is 2.83. The number of aromatic nitrogens is 2. The lowest BCUT2D eigenvalue weighted by Crippen LogP contribution is -2.45. The molecule has 1 aliphatic rings. The van der Waals surface area contributed by atoms with Crippen LogP contribution in [0.3, 0.4) is 0 Å². The number of rotatable bonds is 4. The van der Waals surface area contributed by atoms with E-state index in [2.05, 4.69) is 17.3 Å². The van der Waals surface area contributed by atoms with Gasteiger partial charge in [-0.05, 0) is 25.7 Å². The summed E-state index contributed by atoms with van der Waals surface area (Å²) in [6.45, 7) is 4.18. The smallest absolute Gasteiger partial charge is 0.357 e. The van der Waals surface area contributed by atoms with E-state index in [-0.39, 0.29) is 11.7 Å². The van der Waals surface area contributed by atoms with Gasteiger partial charge < -0.3 is 10.2 Å². The molecule has 124 valence electrons. The Hall–Kier alpha value is -1.73. The van der Waals surface area contributed by atoms with E-state index in [1.807, 2.05) is 0 Å². The first-order valence-corrected chi connectivity index (χ1v) is 7.40. The second-order valence-corrected chi connectivity index (χ2v) is 5.89. The number of likely N-dealkylation sites (tertiary alicyclic amines) is 1. The summed E-state index contributed by atoms with van der Waals surface area (Å²) < 4.78 is 37.6. The van der Waals surface area contributed by atoms with Crippen LogP contribution in [-0.2, 0) is 11.3 Å². The number of alkyl halides is 3. The van der Waals surface area contributed by atoms with Crippen molar-refractivity contribution < 1.29 is 18.0 Å². The van der Waals surface area contributed by atoms with Crippen molar-refractivity contribution in [1.29, 1.82) is 0 Å². The molecule has 1 aromatic heterocycles. The summed E-state index contributed by atoms with van der Waals surface area (Å²) in [5, 5.41) is 6.66. The molecule has 8 heteroatoms. The van der Waals surface area contributed by atoms with Crippen molar-refractivity contribution in [1.82, 2.24) is 14.7 Å². The number of nitrogens with one attached hydrogen (secondary N) is 1. The third-order valence-corrected chi connectivity index (χ3v) is 3.81. The van der Waals surface area contributed by atoms with Crippen LogP contribution in [0.1, 0.15) is 26.7 Å². The number of anilines is 1. The zero-order valence-corrected chi connectivity index (χ0v) is 12.7. The monoisotopic (exact) mass is 318 g/mol. The van der Waals surface area contributed by atoms with Crippen LogP contribution in [0, 0.1) is 5.92 Å². The van der Waals surface area contributed by atoms with Crippen LogP contribution < -0.4 is 5.32 Å². The zero-order valence-electron chi connectivity index (χ0n) is 12.7. The van der Waals surface area contributed by atoms with Gasteiger partial charge in [0, 0.05) is 25.4 Å². The molecule has 0 aromatic carbocycles. The van der Waals surface area contributed by atoms with E-state index in [9.17, 15) is 18.0 Å². The van der Waals surface area contributed by atoms with Gasteiger partial charge in [-0.2, -0.15) is 18.3 Å². The standard InChI is InChI=1S/C14H21F3N4O/c1-10-3-6-20(7-4-10)13(22)11(2)18-12-5-8-21(19-12)9-14(15,16)17/h5,8,10-11H,3-4,6-7,9H2,1-2H3,(H,18,19)/t11-/m0/s1. The van der Waals surface area contributed by atoms with Gasteiger partial charge in [0.05, 0.1) is 0 Å². The quantitative estimate of drug-likeness (QED) is 0.928. The fourth-order valence-electron chi connectivity index (χ4n) is 2.50. The van der Waals surface area contributed by atoms with Crippen LogP contribution in [0.2, 0.25) is 0 Å². The van der Waals surface area contributed by atoms with Gasteiger partial charge in [-0.25, -0.2) is 0 Å². The molecule has 1 saturated heterocycles.